The summed E-state index contributed by atoms with van der Waals surface area (Å²) in [6.07, 6.45) is 26.8. The van der Waals surface area contributed by atoms with Crippen LogP contribution in [0, 0.1) is 23.7 Å². The van der Waals surface area contributed by atoms with Gasteiger partial charge >= 0.3 is 0 Å². The summed E-state index contributed by atoms with van der Waals surface area (Å²) < 4.78 is 0. The molecule has 126 valence electrons. The largest absolute Gasteiger partial charge is 0.0885 e. The van der Waals surface area contributed by atoms with E-state index >= 15 is 0 Å². The maximum Gasteiger partial charge on any atom is -0.0233 e. The van der Waals surface area contributed by atoms with Gasteiger partial charge in [0.15, 0.2) is 0 Å². The van der Waals surface area contributed by atoms with Gasteiger partial charge in [-0.15, -0.1) is 0 Å². The molecule has 2 aliphatic carbocycles. The average molecular weight is 303 g/mol. The highest BCUT2D eigenvalue weighted by molar-refractivity contribution is 4.93. The van der Waals surface area contributed by atoms with E-state index in [1.54, 1.807) is 0 Å². The molecule has 2 fully saturated rings. The SMILES string of the molecule is CC/C=C/C1CCC(C/C=C\CC2CCC(CC)CC2)CC1. The first-order valence-electron chi connectivity index (χ1n) is 10.1. The molecule has 0 aromatic carbocycles. The van der Waals surface area contributed by atoms with Crippen LogP contribution in [-0.4, -0.2) is 0 Å². The van der Waals surface area contributed by atoms with Gasteiger partial charge in [0.25, 0.3) is 0 Å². The van der Waals surface area contributed by atoms with E-state index < -0.39 is 0 Å². The van der Waals surface area contributed by atoms with Gasteiger partial charge in [0.1, 0.15) is 0 Å². The average Bonchev–Trinajstić information content (AvgIpc) is 2.58. The number of hydrogen-bond acceptors (Lipinski definition) is 0. The van der Waals surface area contributed by atoms with Gasteiger partial charge in [-0.2, -0.15) is 0 Å². The molecule has 0 N–H and O–H groups in total. The zero-order chi connectivity index (χ0) is 15.6. The molecule has 0 unspecified atom stereocenters. The molecule has 0 aromatic rings. The molecule has 0 spiro atoms. The highest BCUT2D eigenvalue weighted by Crippen LogP contribution is 2.34. The third-order valence-electron chi connectivity index (χ3n) is 6.18. The van der Waals surface area contributed by atoms with E-state index in [0.717, 1.165) is 23.7 Å². The molecular formula is C22H38. The lowest BCUT2D eigenvalue weighted by molar-refractivity contribution is 0.270. The molecule has 2 aliphatic rings. The van der Waals surface area contributed by atoms with E-state index in [9.17, 15) is 0 Å². The molecule has 0 heterocycles. The summed E-state index contributed by atoms with van der Waals surface area (Å²) in [4.78, 5) is 0. The molecule has 0 radical (unpaired) electrons. The van der Waals surface area contributed by atoms with Gasteiger partial charge < -0.3 is 0 Å². The fraction of sp³-hybridized carbons (Fsp3) is 0.818. The summed E-state index contributed by atoms with van der Waals surface area (Å²) in [7, 11) is 0. The minimum absolute atomic E-state index is 0.883. The zero-order valence-electron chi connectivity index (χ0n) is 15.1. The van der Waals surface area contributed by atoms with Crippen LogP contribution in [0.1, 0.15) is 90.9 Å². The Labute approximate surface area is 139 Å². The Morgan fingerprint density at radius 2 is 1.14 bits per heavy atom. The van der Waals surface area contributed by atoms with Crippen LogP contribution in [0.5, 0.6) is 0 Å². The van der Waals surface area contributed by atoms with Crippen molar-refractivity contribution in [3.63, 3.8) is 0 Å². The molecule has 0 heteroatoms. The highest BCUT2D eigenvalue weighted by atomic mass is 14.3. The van der Waals surface area contributed by atoms with Gasteiger partial charge in [-0.1, -0.05) is 57.4 Å². The molecule has 0 saturated heterocycles. The van der Waals surface area contributed by atoms with E-state index in [1.165, 1.54) is 77.0 Å². The Bertz CT molecular complexity index is 322. The van der Waals surface area contributed by atoms with Crippen LogP contribution in [0.4, 0.5) is 0 Å². The lowest BCUT2D eigenvalue weighted by Gasteiger charge is -2.27. The molecule has 0 aliphatic heterocycles. The number of allylic oxidation sites excluding steroid dienone is 4. The molecule has 0 aromatic heterocycles. The minimum atomic E-state index is 0.883. The van der Waals surface area contributed by atoms with Crippen molar-refractivity contribution in [3.05, 3.63) is 24.3 Å². The van der Waals surface area contributed by atoms with E-state index in [4.69, 9.17) is 0 Å². The van der Waals surface area contributed by atoms with Gasteiger partial charge in [-0.25, -0.2) is 0 Å². The van der Waals surface area contributed by atoms with Crippen molar-refractivity contribution >= 4 is 0 Å². The Hall–Kier alpha value is -0.520. The van der Waals surface area contributed by atoms with Crippen LogP contribution in [0.2, 0.25) is 0 Å². The molecule has 0 amide bonds. The van der Waals surface area contributed by atoms with Crippen LogP contribution in [0.25, 0.3) is 0 Å². The zero-order valence-corrected chi connectivity index (χ0v) is 15.1. The second-order valence-corrected chi connectivity index (χ2v) is 7.86. The Morgan fingerprint density at radius 1 is 0.636 bits per heavy atom. The fourth-order valence-electron chi connectivity index (χ4n) is 4.40. The van der Waals surface area contributed by atoms with Gasteiger partial charge in [-0.3, -0.25) is 0 Å². The summed E-state index contributed by atoms with van der Waals surface area (Å²) in [5.74, 6) is 3.89. The first kappa shape index (κ1) is 17.8. The number of hydrogen-bond donors (Lipinski definition) is 0. The van der Waals surface area contributed by atoms with E-state index in [0.29, 0.717) is 0 Å². The van der Waals surface area contributed by atoms with Gasteiger partial charge in [0.2, 0.25) is 0 Å². The van der Waals surface area contributed by atoms with Crippen molar-refractivity contribution in [2.24, 2.45) is 23.7 Å². The highest BCUT2D eigenvalue weighted by Gasteiger charge is 2.19. The van der Waals surface area contributed by atoms with Crippen LogP contribution in [-0.2, 0) is 0 Å². The Morgan fingerprint density at radius 3 is 1.64 bits per heavy atom. The summed E-state index contributed by atoms with van der Waals surface area (Å²) in [5.41, 5.74) is 0. The van der Waals surface area contributed by atoms with Gasteiger partial charge in [-0.05, 0) is 81.5 Å². The Balaban J connectivity index is 1.56. The van der Waals surface area contributed by atoms with Crippen molar-refractivity contribution in [3.8, 4) is 0 Å². The van der Waals surface area contributed by atoms with Crippen LogP contribution >= 0.6 is 0 Å². The monoisotopic (exact) mass is 302 g/mol. The normalized spacial score (nSPS) is 33.7. The van der Waals surface area contributed by atoms with Crippen LogP contribution in [0.15, 0.2) is 24.3 Å². The second-order valence-electron chi connectivity index (χ2n) is 7.86. The molecule has 2 saturated carbocycles. The van der Waals surface area contributed by atoms with E-state index in [2.05, 4.69) is 38.2 Å². The second kappa shape index (κ2) is 10.3. The van der Waals surface area contributed by atoms with Crippen molar-refractivity contribution in [1.29, 1.82) is 0 Å². The van der Waals surface area contributed by atoms with Crippen molar-refractivity contribution in [2.45, 2.75) is 90.9 Å². The van der Waals surface area contributed by atoms with E-state index in [-0.39, 0.29) is 0 Å². The van der Waals surface area contributed by atoms with Crippen molar-refractivity contribution in [2.75, 3.05) is 0 Å². The standard InChI is InChI=1S/C22H38/c1-3-5-8-20-15-17-22(18-16-20)10-7-6-9-21-13-11-19(4-2)12-14-21/h5-8,19-22H,3-4,9-18H2,1-2H3/b7-6-,8-5+. The maximum atomic E-state index is 2.51. The smallest absolute Gasteiger partial charge is 0.0233 e. The quantitative estimate of drug-likeness (QED) is 0.432. The summed E-state index contributed by atoms with van der Waals surface area (Å²) >= 11 is 0. The Kier molecular flexibility index (Phi) is 8.34. The third-order valence-corrected chi connectivity index (χ3v) is 6.18. The van der Waals surface area contributed by atoms with Gasteiger partial charge in [0, 0.05) is 0 Å². The summed E-state index contributed by atoms with van der Waals surface area (Å²) in [6.45, 7) is 4.60. The molecule has 0 bridgehead atoms. The van der Waals surface area contributed by atoms with Crippen LogP contribution in [0.3, 0.4) is 0 Å². The lowest BCUT2D eigenvalue weighted by Crippen LogP contribution is -2.13. The molecule has 2 rings (SSSR count). The molecule has 0 nitrogen and oxygen atoms in total. The fourth-order valence-corrected chi connectivity index (χ4v) is 4.40. The predicted molar refractivity (Wildman–Crippen MR) is 99.0 cm³/mol. The first-order chi connectivity index (χ1) is 10.8. The lowest BCUT2D eigenvalue weighted by atomic mass is 9.79. The first-order valence-corrected chi connectivity index (χ1v) is 10.1. The summed E-state index contributed by atoms with van der Waals surface area (Å²) in [6, 6.07) is 0. The summed E-state index contributed by atoms with van der Waals surface area (Å²) in [5, 5.41) is 0. The van der Waals surface area contributed by atoms with Crippen molar-refractivity contribution < 1.29 is 0 Å². The topological polar surface area (TPSA) is 0 Å². The van der Waals surface area contributed by atoms with Gasteiger partial charge in [0.05, 0.1) is 0 Å². The third kappa shape index (κ3) is 6.31. The maximum absolute atomic E-state index is 2.51. The molecule has 0 atom stereocenters. The molecular weight excluding hydrogens is 264 g/mol. The molecule has 22 heavy (non-hydrogen) atoms. The van der Waals surface area contributed by atoms with Crippen molar-refractivity contribution in [1.82, 2.24) is 0 Å². The number of rotatable bonds is 7. The van der Waals surface area contributed by atoms with E-state index in [1.807, 2.05) is 0 Å². The van der Waals surface area contributed by atoms with Crippen LogP contribution < -0.4 is 0 Å². The minimum Gasteiger partial charge on any atom is -0.0885 e. The predicted octanol–water partition coefficient (Wildman–Crippen LogP) is 7.31.